The predicted octanol–water partition coefficient (Wildman–Crippen LogP) is 3.25. The average molecular weight is 213 g/mol. The van der Waals surface area contributed by atoms with Crippen LogP contribution in [0.3, 0.4) is 0 Å². The van der Waals surface area contributed by atoms with E-state index in [-0.39, 0.29) is 0 Å². The van der Waals surface area contributed by atoms with Gasteiger partial charge in [-0.2, -0.15) is 0 Å². The largest absolute Gasteiger partial charge is 0.465 e. The summed E-state index contributed by atoms with van der Waals surface area (Å²) < 4.78 is 4.63. The third-order valence-corrected chi connectivity index (χ3v) is 2.39. The molecule has 2 nitrogen and oxygen atoms in total. The highest BCUT2D eigenvalue weighted by atomic mass is 35.5. The Morgan fingerprint density at radius 1 is 1.43 bits per heavy atom. The second-order valence-corrected chi connectivity index (χ2v) is 3.79. The number of ether oxygens (including phenoxy) is 1. The molecule has 1 aromatic rings. The van der Waals surface area contributed by atoms with Crippen LogP contribution in [-0.4, -0.2) is 13.1 Å². The molecule has 0 N–H and O–H groups in total. The second-order valence-electron chi connectivity index (χ2n) is 3.39. The van der Waals surface area contributed by atoms with Crippen molar-refractivity contribution in [2.75, 3.05) is 7.11 Å². The van der Waals surface area contributed by atoms with Crippen LogP contribution >= 0.6 is 11.6 Å². The fraction of sp³-hybridized carbons (Fsp3) is 0.364. The molecule has 0 heterocycles. The third kappa shape index (κ3) is 2.26. The van der Waals surface area contributed by atoms with Gasteiger partial charge in [0.1, 0.15) is 0 Å². The lowest BCUT2D eigenvalue weighted by molar-refractivity contribution is 0.0601. The summed E-state index contributed by atoms with van der Waals surface area (Å²) in [4.78, 5) is 11.3. The number of methoxy groups -OCH3 is 1. The van der Waals surface area contributed by atoms with Gasteiger partial charge in [0.05, 0.1) is 17.7 Å². The van der Waals surface area contributed by atoms with Gasteiger partial charge >= 0.3 is 5.97 Å². The molecule has 0 fully saturated rings. The Bertz CT molecular complexity index is 345. The van der Waals surface area contributed by atoms with E-state index < -0.39 is 5.97 Å². The van der Waals surface area contributed by atoms with Gasteiger partial charge in [0.15, 0.2) is 0 Å². The maximum atomic E-state index is 11.3. The molecular weight excluding hydrogens is 200 g/mol. The van der Waals surface area contributed by atoms with E-state index in [0.717, 1.165) is 5.56 Å². The molecule has 3 heteroatoms. The molecule has 0 unspecified atom stereocenters. The molecule has 0 aliphatic carbocycles. The van der Waals surface area contributed by atoms with Crippen molar-refractivity contribution in [3.05, 3.63) is 34.3 Å². The first-order valence-corrected chi connectivity index (χ1v) is 4.81. The molecule has 0 aliphatic rings. The molecule has 0 bridgehead atoms. The first-order valence-electron chi connectivity index (χ1n) is 4.44. The van der Waals surface area contributed by atoms with Crippen molar-refractivity contribution >= 4 is 17.6 Å². The minimum Gasteiger partial charge on any atom is -0.465 e. The van der Waals surface area contributed by atoms with Crippen molar-refractivity contribution in [2.45, 2.75) is 19.8 Å². The van der Waals surface area contributed by atoms with Crippen LogP contribution in [0.1, 0.15) is 35.7 Å². The molecular formula is C11H13ClO2. The molecule has 0 amide bonds. The molecule has 0 radical (unpaired) electrons. The Morgan fingerprint density at radius 3 is 2.57 bits per heavy atom. The minimum absolute atomic E-state index is 0.371. The van der Waals surface area contributed by atoms with E-state index in [9.17, 15) is 4.79 Å². The summed E-state index contributed by atoms with van der Waals surface area (Å²) in [6.45, 7) is 4.12. The van der Waals surface area contributed by atoms with Crippen LogP contribution in [0.25, 0.3) is 0 Å². The van der Waals surface area contributed by atoms with Crippen LogP contribution < -0.4 is 0 Å². The molecule has 1 aromatic carbocycles. The zero-order chi connectivity index (χ0) is 10.7. The smallest absolute Gasteiger partial charge is 0.339 e. The summed E-state index contributed by atoms with van der Waals surface area (Å²) in [6, 6.07) is 5.42. The highest BCUT2D eigenvalue weighted by molar-refractivity contribution is 6.33. The fourth-order valence-electron chi connectivity index (χ4n) is 1.17. The van der Waals surface area contributed by atoms with Crippen molar-refractivity contribution < 1.29 is 9.53 Å². The SMILES string of the molecule is COC(=O)c1cc(C(C)C)ccc1Cl. The first-order chi connectivity index (χ1) is 6.56. The van der Waals surface area contributed by atoms with Gasteiger partial charge in [0, 0.05) is 0 Å². The van der Waals surface area contributed by atoms with Crippen LogP contribution in [0.5, 0.6) is 0 Å². The van der Waals surface area contributed by atoms with Gasteiger partial charge in [-0.3, -0.25) is 0 Å². The Labute approximate surface area is 88.8 Å². The van der Waals surface area contributed by atoms with Crippen LogP contribution in [0.4, 0.5) is 0 Å². The molecule has 0 aliphatic heterocycles. The van der Waals surface area contributed by atoms with Crippen molar-refractivity contribution in [2.24, 2.45) is 0 Å². The van der Waals surface area contributed by atoms with Gasteiger partial charge < -0.3 is 4.74 Å². The third-order valence-electron chi connectivity index (χ3n) is 2.06. The molecule has 0 aromatic heterocycles. The number of esters is 1. The van der Waals surface area contributed by atoms with E-state index in [1.165, 1.54) is 7.11 Å². The van der Waals surface area contributed by atoms with Crippen molar-refractivity contribution in [3.8, 4) is 0 Å². The molecule has 14 heavy (non-hydrogen) atoms. The van der Waals surface area contributed by atoms with E-state index in [2.05, 4.69) is 18.6 Å². The lowest BCUT2D eigenvalue weighted by atomic mass is 10.0. The van der Waals surface area contributed by atoms with Gasteiger partial charge in [0.2, 0.25) is 0 Å². The normalized spacial score (nSPS) is 10.4. The number of halogens is 1. The number of benzene rings is 1. The fourth-order valence-corrected chi connectivity index (χ4v) is 1.36. The molecule has 0 atom stereocenters. The Hall–Kier alpha value is -1.02. The Kier molecular flexibility index (Phi) is 3.53. The summed E-state index contributed by atoms with van der Waals surface area (Å²) in [5.41, 5.74) is 1.51. The number of carbonyl (C=O) groups excluding carboxylic acids is 1. The lowest BCUT2D eigenvalue weighted by Crippen LogP contribution is -2.03. The zero-order valence-corrected chi connectivity index (χ0v) is 9.26. The quantitative estimate of drug-likeness (QED) is 0.704. The van der Waals surface area contributed by atoms with Crippen LogP contribution in [0.15, 0.2) is 18.2 Å². The number of rotatable bonds is 2. The zero-order valence-electron chi connectivity index (χ0n) is 8.50. The van der Waals surface area contributed by atoms with Crippen LogP contribution in [0, 0.1) is 0 Å². The van der Waals surface area contributed by atoms with Gasteiger partial charge in [-0.25, -0.2) is 4.79 Å². The maximum Gasteiger partial charge on any atom is 0.339 e. The van der Waals surface area contributed by atoms with Gasteiger partial charge in [-0.15, -0.1) is 0 Å². The Balaban J connectivity index is 3.15. The second kappa shape index (κ2) is 4.47. The van der Waals surface area contributed by atoms with Crippen molar-refractivity contribution in [3.63, 3.8) is 0 Å². The monoisotopic (exact) mass is 212 g/mol. The summed E-state index contributed by atoms with van der Waals surface area (Å²) in [7, 11) is 1.35. The lowest BCUT2D eigenvalue weighted by Gasteiger charge is -2.08. The molecule has 1 rings (SSSR count). The number of hydrogen-bond acceptors (Lipinski definition) is 2. The number of carbonyl (C=O) groups is 1. The average Bonchev–Trinajstić information content (AvgIpc) is 2.17. The number of hydrogen-bond donors (Lipinski definition) is 0. The highest BCUT2D eigenvalue weighted by Gasteiger charge is 2.12. The van der Waals surface area contributed by atoms with E-state index >= 15 is 0 Å². The van der Waals surface area contributed by atoms with Crippen LogP contribution in [-0.2, 0) is 4.74 Å². The minimum atomic E-state index is -0.391. The summed E-state index contributed by atoms with van der Waals surface area (Å²) >= 11 is 5.87. The molecule has 76 valence electrons. The first kappa shape index (κ1) is 11.1. The summed E-state index contributed by atoms with van der Waals surface area (Å²) in [5.74, 6) is -0.0202. The van der Waals surface area contributed by atoms with E-state index in [1.807, 2.05) is 6.07 Å². The van der Waals surface area contributed by atoms with Gasteiger partial charge in [0.25, 0.3) is 0 Å². The van der Waals surface area contributed by atoms with Gasteiger partial charge in [-0.1, -0.05) is 31.5 Å². The standard InChI is InChI=1S/C11H13ClO2/c1-7(2)8-4-5-10(12)9(6-8)11(13)14-3/h4-7H,1-3H3. The highest BCUT2D eigenvalue weighted by Crippen LogP contribution is 2.22. The summed E-state index contributed by atoms with van der Waals surface area (Å²) in [5, 5.41) is 0.432. The van der Waals surface area contributed by atoms with E-state index in [0.29, 0.717) is 16.5 Å². The van der Waals surface area contributed by atoms with Crippen molar-refractivity contribution in [1.29, 1.82) is 0 Å². The maximum absolute atomic E-state index is 11.3. The topological polar surface area (TPSA) is 26.3 Å². The Morgan fingerprint density at radius 2 is 2.07 bits per heavy atom. The van der Waals surface area contributed by atoms with Gasteiger partial charge in [-0.05, 0) is 23.6 Å². The van der Waals surface area contributed by atoms with E-state index in [1.54, 1.807) is 12.1 Å². The van der Waals surface area contributed by atoms with Crippen molar-refractivity contribution in [1.82, 2.24) is 0 Å². The predicted molar refractivity (Wildman–Crippen MR) is 56.9 cm³/mol. The molecule has 0 spiro atoms. The van der Waals surface area contributed by atoms with Crippen LogP contribution in [0.2, 0.25) is 5.02 Å². The summed E-state index contributed by atoms with van der Waals surface area (Å²) in [6.07, 6.45) is 0. The molecule has 0 saturated heterocycles. The van der Waals surface area contributed by atoms with E-state index in [4.69, 9.17) is 11.6 Å². The molecule has 0 saturated carbocycles.